The van der Waals surface area contributed by atoms with E-state index in [1.54, 1.807) is 0 Å². The van der Waals surface area contributed by atoms with Crippen LogP contribution in [-0.2, 0) is 21.1 Å². The number of rotatable bonds is 10. The number of hydrogen-bond acceptors (Lipinski definition) is 3. The van der Waals surface area contributed by atoms with Crippen LogP contribution >= 0.6 is 6.72 Å². The van der Waals surface area contributed by atoms with Crippen molar-refractivity contribution in [1.82, 2.24) is 5.32 Å². The van der Waals surface area contributed by atoms with Crippen molar-refractivity contribution in [2.45, 2.75) is 45.4 Å². The lowest BCUT2D eigenvalue weighted by atomic mass is 10.2. The molecule has 0 aromatic heterocycles. The normalized spacial score (nSPS) is 11.5. The van der Waals surface area contributed by atoms with Gasteiger partial charge in [-0.1, -0.05) is 19.8 Å². The van der Waals surface area contributed by atoms with Crippen LogP contribution in [0.4, 0.5) is 0 Å². The molecule has 0 radical (unpaired) electrons. The highest BCUT2D eigenvalue weighted by Gasteiger charge is 2.06. The maximum atomic E-state index is 11.1. The van der Waals surface area contributed by atoms with Gasteiger partial charge in [-0.05, 0) is 31.1 Å². The van der Waals surface area contributed by atoms with E-state index in [-0.39, 0.29) is 12.5 Å². The third-order valence-corrected chi connectivity index (χ3v) is 2.96. The molecule has 0 unspecified atom stereocenters. The predicted molar refractivity (Wildman–Crippen MR) is 71.1 cm³/mol. The molecule has 0 aliphatic heterocycles. The van der Waals surface area contributed by atoms with Crippen molar-refractivity contribution in [3.05, 3.63) is 0 Å². The van der Waals surface area contributed by atoms with Crippen LogP contribution in [0.5, 0.6) is 0 Å². The van der Waals surface area contributed by atoms with Crippen molar-refractivity contribution in [2.24, 2.45) is 0 Å². The maximum Gasteiger partial charge on any atom is 0.321 e. The molecule has 17 heavy (non-hydrogen) atoms. The number of hydrogen-bond donors (Lipinski definition) is 3. The minimum atomic E-state index is -3.47. The van der Waals surface area contributed by atoms with E-state index in [9.17, 15) is 4.79 Å². The van der Waals surface area contributed by atoms with Crippen LogP contribution in [-0.4, -0.2) is 28.8 Å². The van der Waals surface area contributed by atoms with Crippen LogP contribution in [0.1, 0.15) is 45.4 Å². The highest BCUT2D eigenvalue weighted by atomic mass is 32.5. The molecule has 0 heterocycles. The van der Waals surface area contributed by atoms with E-state index in [1.165, 1.54) is 0 Å². The molecule has 0 saturated heterocycles. The lowest BCUT2D eigenvalue weighted by molar-refractivity contribution is -0.121. The molecule has 0 aromatic carbocycles. The second-order valence-corrected chi connectivity index (χ2v) is 6.50. The number of unbranched alkanes of at least 4 members (excludes halogenated alkanes) is 3. The topological polar surface area (TPSA) is 78.8 Å². The van der Waals surface area contributed by atoms with E-state index < -0.39 is 6.72 Å². The molecule has 0 aliphatic rings. The van der Waals surface area contributed by atoms with Crippen molar-refractivity contribution in [1.29, 1.82) is 0 Å². The summed E-state index contributed by atoms with van der Waals surface area (Å²) >= 11 is 4.31. The highest BCUT2D eigenvalue weighted by molar-refractivity contribution is 8.06. The average molecular weight is 283 g/mol. The van der Waals surface area contributed by atoms with Crippen molar-refractivity contribution >= 4 is 24.4 Å². The minimum Gasteiger partial charge on any atom is -0.356 e. The summed E-state index contributed by atoms with van der Waals surface area (Å²) in [6.07, 6.45) is 5.06. The first kappa shape index (κ1) is 17.0. The fourth-order valence-electron chi connectivity index (χ4n) is 1.31. The second-order valence-electron chi connectivity index (χ2n) is 3.84. The second kappa shape index (κ2) is 9.97. The zero-order chi connectivity index (χ0) is 13.1. The third-order valence-electron chi connectivity index (χ3n) is 2.13. The van der Waals surface area contributed by atoms with E-state index in [1.807, 2.05) is 6.92 Å². The van der Waals surface area contributed by atoms with Gasteiger partial charge >= 0.3 is 6.72 Å². The van der Waals surface area contributed by atoms with Gasteiger partial charge in [0.15, 0.2) is 0 Å². The van der Waals surface area contributed by atoms with E-state index >= 15 is 0 Å². The Balaban J connectivity index is 3.19. The van der Waals surface area contributed by atoms with Gasteiger partial charge in [-0.3, -0.25) is 4.79 Å². The Labute approximate surface area is 108 Å². The van der Waals surface area contributed by atoms with Gasteiger partial charge in [0.05, 0.1) is 6.61 Å². The molecule has 0 rings (SSSR count). The molecule has 0 bridgehead atoms. The zero-order valence-electron chi connectivity index (χ0n) is 10.2. The summed E-state index contributed by atoms with van der Waals surface area (Å²) in [7, 11) is 0. The van der Waals surface area contributed by atoms with Crippen LogP contribution < -0.4 is 5.32 Å². The first-order valence-electron chi connectivity index (χ1n) is 5.92. The van der Waals surface area contributed by atoms with Gasteiger partial charge in [0, 0.05) is 13.0 Å². The van der Waals surface area contributed by atoms with Crippen LogP contribution in [0.2, 0.25) is 0 Å². The Kier molecular flexibility index (Phi) is 9.97. The summed E-state index contributed by atoms with van der Waals surface area (Å²) in [6, 6.07) is 0. The number of carbonyl (C=O) groups excluding carboxylic acids is 1. The van der Waals surface area contributed by atoms with E-state index in [4.69, 9.17) is 9.79 Å². The van der Waals surface area contributed by atoms with E-state index in [0.29, 0.717) is 13.0 Å². The SMILES string of the molecule is CCCC(=O)NCCCCCCOP(O)(O)=S. The first-order chi connectivity index (χ1) is 7.95. The predicted octanol–water partition coefficient (Wildman–Crippen LogP) is 1.69. The largest absolute Gasteiger partial charge is 0.356 e. The standard InChI is InChI=1S/C10H22NO4PS/c1-2-7-10(12)11-8-5-3-4-6-9-15-16(13,14)17/h2-9H2,1H3,(H,11,12)(H2,13,14,17). The van der Waals surface area contributed by atoms with Crippen LogP contribution in [0.25, 0.3) is 0 Å². The van der Waals surface area contributed by atoms with Gasteiger partial charge in [-0.2, -0.15) is 0 Å². The summed E-state index contributed by atoms with van der Waals surface area (Å²) in [5.41, 5.74) is 0. The molecule has 0 atom stereocenters. The lowest BCUT2D eigenvalue weighted by Crippen LogP contribution is -2.23. The molecule has 0 saturated carbocycles. The smallest absolute Gasteiger partial charge is 0.321 e. The molecular weight excluding hydrogens is 261 g/mol. The Bertz CT molecular complexity index is 257. The number of nitrogens with one attached hydrogen (secondary N) is 1. The summed E-state index contributed by atoms with van der Waals surface area (Å²) in [6.45, 7) is -0.505. The van der Waals surface area contributed by atoms with E-state index in [2.05, 4.69) is 21.6 Å². The molecular formula is C10H22NO4PS. The third kappa shape index (κ3) is 13.9. The summed E-state index contributed by atoms with van der Waals surface area (Å²) in [5.74, 6) is 0.108. The molecule has 102 valence electrons. The van der Waals surface area contributed by atoms with Gasteiger partial charge in [0.2, 0.25) is 5.91 Å². The quantitative estimate of drug-likeness (QED) is 0.420. The van der Waals surface area contributed by atoms with Crippen molar-refractivity contribution in [3.8, 4) is 0 Å². The average Bonchev–Trinajstić information content (AvgIpc) is 2.21. The van der Waals surface area contributed by atoms with Crippen molar-refractivity contribution < 1.29 is 19.1 Å². The fraction of sp³-hybridized carbons (Fsp3) is 0.900. The van der Waals surface area contributed by atoms with Crippen molar-refractivity contribution in [3.63, 3.8) is 0 Å². The van der Waals surface area contributed by atoms with Crippen LogP contribution in [0, 0.1) is 0 Å². The highest BCUT2D eigenvalue weighted by Crippen LogP contribution is 2.36. The first-order valence-corrected chi connectivity index (χ1v) is 8.55. The molecule has 7 heteroatoms. The number of amides is 1. The summed E-state index contributed by atoms with van der Waals surface area (Å²) in [4.78, 5) is 28.7. The monoisotopic (exact) mass is 283 g/mol. The van der Waals surface area contributed by atoms with Gasteiger partial charge < -0.3 is 19.6 Å². The maximum absolute atomic E-state index is 11.1. The summed E-state index contributed by atoms with van der Waals surface area (Å²) < 4.78 is 4.67. The zero-order valence-corrected chi connectivity index (χ0v) is 11.9. The van der Waals surface area contributed by atoms with Crippen LogP contribution in [0.15, 0.2) is 0 Å². The molecule has 0 fully saturated rings. The summed E-state index contributed by atoms with van der Waals surface area (Å²) in [5, 5.41) is 2.84. The lowest BCUT2D eigenvalue weighted by Gasteiger charge is -2.08. The fourth-order valence-corrected chi connectivity index (χ4v) is 1.90. The van der Waals surface area contributed by atoms with Gasteiger partial charge in [-0.25, -0.2) is 0 Å². The molecule has 0 aliphatic carbocycles. The van der Waals surface area contributed by atoms with Gasteiger partial charge in [0.25, 0.3) is 0 Å². The Morgan fingerprint density at radius 3 is 2.53 bits per heavy atom. The molecule has 0 aromatic rings. The van der Waals surface area contributed by atoms with Gasteiger partial charge in [0.1, 0.15) is 0 Å². The van der Waals surface area contributed by atoms with E-state index in [0.717, 1.165) is 32.1 Å². The van der Waals surface area contributed by atoms with Gasteiger partial charge in [-0.15, -0.1) is 0 Å². The molecule has 3 N–H and O–H groups in total. The minimum absolute atomic E-state index is 0.108. The molecule has 5 nitrogen and oxygen atoms in total. The number of carbonyl (C=O) groups is 1. The Morgan fingerprint density at radius 2 is 1.94 bits per heavy atom. The Morgan fingerprint density at radius 1 is 1.29 bits per heavy atom. The molecule has 0 spiro atoms. The van der Waals surface area contributed by atoms with Crippen molar-refractivity contribution in [2.75, 3.05) is 13.2 Å². The van der Waals surface area contributed by atoms with Crippen LogP contribution in [0.3, 0.4) is 0 Å². The Hall–Kier alpha value is -0.0000000000000000833. The molecule has 1 amide bonds.